The molecular weight excluding hydrogens is 242 g/mol. The summed E-state index contributed by atoms with van der Waals surface area (Å²) in [5.41, 5.74) is 1.26. The highest BCUT2D eigenvalue weighted by Crippen LogP contribution is 2.06. The summed E-state index contributed by atoms with van der Waals surface area (Å²) >= 11 is 0. The van der Waals surface area contributed by atoms with Crippen molar-refractivity contribution in [3.63, 3.8) is 0 Å². The Bertz CT molecular complexity index is 437. The Morgan fingerprint density at radius 3 is 2.65 bits per heavy atom. The molecule has 0 bridgehead atoms. The number of hydrogen-bond acceptors (Lipinski definition) is 4. The highest BCUT2D eigenvalue weighted by molar-refractivity contribution is 8.13. The van der Waals surface area contributed by atoms with Crippen LogP contribution in [-0.2, 0) is 16.3 Å². The molecule has 17 heavy (non-hydrogen) atoms. The molecule has 1 rings (SSSR count). The fourth-order valence-corrected chi connectivity index (χ4v) is 1.54. The molecule has 0 aromatic heterocycles. The van der Waals surface area contributed by atoms with Crippen LogP contribution < -0.4 is 5.32 Å². The van der Waals surface area contributed by atoms with Gasteiger partial charge < -0.3 is 5.32 Å². The predicted octanol–water partition coefficient (Wildman–Crippen LogP) is 1.33. The van der Waals surface area contributed by atoms with E-state index in [0.717, 1.165) is 5.56 Å². The Labute approximate surface area is 101 Å². The Kier molecular flexibility index (Phi) is 5.59. The SMILES string of the molecule is CS(=C=O)CNC(=O)c1ccc(COO)cc1. The fraction of sp³-hybridized carbons (Fsp3) is 0.273. The van der Waals surface area contributed by atoms with Gasteiger partial charge in [-0.15, -0.1) is 0 Å². The van der Waals surface area contributed by atoms with E-state index >= 15 is 0 Å². The van der Waals surface area contributed by atoms with Crippen LogP contribution in [0.5, 0.6) is 0 Å². The van der Waals surface area contributed by atoms with E-state index in [2.05, 4.69) is 10.2 Å². The molecule has 0 saturated carbocycles. The number of rotatable bonds is 5. The number of amides is 1. The predicted molar refractivity (Wildman–Crippen MR) is 65.4 cm³/mol. The minimum atomic E-state index is -0.569. The van der Waals surface area contributed by atoms with E-state index in [1.54, 1.807) is 30.5 Å². The zero-order chi connectivity index (χ0) is 12.7. The van der Waals surface area contributed by atoms with Gasteiger partial charge in [-0.3, -0.25) is 10.1 Å². The highest BCUT2D eigenvalue weighted by Gasteiger charge is 2.04. The summed E-state index contributed by atoms with van der Waals surface area (Å²) in [6.07, 6.45) is 1.70. The van der Waals surface area contributed by atoms with Gasteiger partial charge in [-0.05, 0) is 24.0 Å². The second kappa shape index (κ2) is 6.98. The minimum Gasteiger partial charge on any atom is -0.343 e. The first-order valence-corrected chi connectivity index (χ1v) is 6.61. The van der Waals surface area contributed by atoms with E-state index in [4.69, 9.17) is 5.26 Å². The molecule has 0 aliphatic rings. The van der Waals surface area contributed by atoms with E-state index in [1.165, 1.54) is 0 Å². The van der Waals surface area contributed by atoms with Crippen LogP contribution >= 0.6 is 10.5 Å². The first-order chi connectivity index (χ1) is 8.17. The fourth-order valence-electron chi connectivity index (χ4n) is 1.13. The Morgan fingerprint density at radius 1 is 1.47 bits per heavy atom. The lowest BCUT2D eigenvalue weighted by atomic mass is 10.1. The van der Waals surface area contributed by atoms with Gasteiger partial charge in [0.05, 0.1) is 5.88 Å². The lowest BCUT2D eigenvalue weighted by molar-refractivity contribution is -0.253. The van der Waals surface area contributed by atoms with Crippen LogP contribution in [0.15, 0.2) is 24.3 Å². The summed E-state index contributed by atoms with van der Waals surface area (Å²) in [6.45, 7) is 0.0837. The molecule has 0 aliphatic heterocycles. The molecule has 0 saturated heterocycles. The van der Waals surface area contributed by atoms with Crippen LogP contribution in [0, 0.1) is 0 Å². The molecule has 1 aromatic carbocycles. The Balaban J connectivity index is 2.60. The van der Waals surface area contributed by atoms with Crippen molar-refractivity contribution in [2.45, 2.75) is 6.61 Å². The summed E-state index contributed by atoms with van der Waals surface area (Å²) in [7, 11) is -0.569. The third-order valence-corrected chi connectivity index (χ3v) is 2.90. The van der Waals surface area contributed by atoms with Crippen molar-refractivity contribution < 1.29 is 19.7 Å². The summed E-state index contributed by atoms with van der Waals surface area (Å²) in [5.74, 6) is 0.0557. The van der Waals surface area contributed by atoms with Crippen LogP contribution in [0.4, 0.5) is 0 Å². The second-order valence-corrected chi connectivity index (χ2v) is 5.07. The molecule has 1 amide bonds. The normalized spacial score (nSPS) is 11.6. The molecular formula is C11H13NO4S. The van der Waals surface area contributed by atoms with Crippen molar-refractivity contribution >= 4 is 21.6 Å². The molecule has 1 aromatic rings. The van der Waals surface area contributed by atoms with E-state index in [9.17, 15) is 9.59 Å². The van der Waals surface area contributed by atoms with Crippen molar-refractivity contribution in [2.24, 2.45) is 0 Å². The van der Waals surface area contributed by atoms with Gasteiger partial charge in [0, 0.05) is 5.56 Å². The van der Waals surface area contributed by atoms with Crippen LogP contribution in [-0.4, -0.2) is 28.5 Å². The summed E-state index contributed by atoms with van der Waals surface area (Å²) < 4.78 is 0. The summed E-state index contributed by atoms with van der Waals surface area (Å²) in [5, 5.41) is 12.7. The second-order valence-electron chi connectivity index (χ2n) is 3.34. The quantitative estimate of drug-likeness (QED) is 0.473. The van der Waals surface area contributed by atoms with Crippen molar-refractivity contribution in [2.75, 3.05) is 12.1 Å². The zero-order valence-electron chi connectivity index (χ0n) is 9.30. The van der Waals surface area contributed by atoms with Gasteiger partial charge in [0.25, 0.3) is 5.91 Å². The third-order valence-electron chi connectivity index (χ3n) is 2.04. The van der Waals surface area contributed by atoms with E-state index < -0.39 is 10.5 Å². The maximum absolute atomic E-state index is 11.6. The maximum Gasteiger partial charge on any atom is 0.251 e. The molecule has 1 atom stereocenters. The molecule has 6 heteroatoms. The number of carbonyl (C=O) groups excluding carboxylic acids is 2. The van der Waals surface area contributed by atoms with Crippen LogP contribution in [0.2, 0.25) is 0 Å². The molecule has 0 aliphatic carbocycles. The molecule has 1 unspecified atom stereocenters. The average Bonchev–Trinajstić information content (AvgIpc) is 2.36. The molecule has 5 nitrogen and oxygen atoms in total. The smallest absolute Gasteiger partial charge is 0.251 e. The number of benzene rings is 1. The number of carbonyl (C=O) groups is 1. The van der Waals surface area contributed by atoms with Crippen molar-refractivity contribution in [1.29, 1.82) is 0 Å². The van der Waals surface area contributed by atoms with Gasteiger partial charge in [0.2, 0.25) is 0 Å². The molecule has 0 radical (unpaired) electrons. The maximum atomic E-state index is 11.6. The van der Waals surface area contributed by atoms with Gasteiger partial charge in [-0.25, -0.2) is 9.68 Å². The van der Waals surface area contributed by atoms with E-state index in [1.807, 2.05) is 5.23 Å². The average molecular weight is 255 g/mol. The van der Waals surface area contributed by atoms with Crippen molar-refractivity contribution in [3.05, 3.63) is 35.4 Å². The number of hydrogen-bond donors (Lipinski definition) is 2. The van der Waals surface area contributed by atoms with Gasteiger partial charge in [0.15, 0.2) is 5.23 Å². The molecule has 0 fully saturated rings. The lowest BCUT2D eigenvalue weighted by Crippen LogP contribution is -2.23. The first-order valence-electron chi connectivity index (χ1n) is 4.81. The van der Waals surface area contributed by atoms with E-state index in [0.29, 0.717) is 11.4 Å². The van der Waals surface area contributed by atoms with Gasteiger partial charge in [-0.1, -0.05) is 22.6 Å². The monoisotopic (exact) mass is 255 g/mol. The Hall–Kier alpha value is -1.46. The zero-order valence-corrected chi connectivity index (χ0v) is 10.1. The largest absolute Gasteiger partial charge is 0.343 e. The van der Waals surface area contributed by atoms with Crippen LogP contribution in [0.25, 0.3) is 0 Å². The standard InChI is InChI=1S/C11H13NO4S/c1-17(8-13)7-12-11(14)10-4-2-9(3-5-10)6-16-15/h2-5,15H,6-7H2,1H3,(H,12,14). The summed E-state index contributed by atoms with van der Waals surface area (Å²) in [6, 6.07) is 6.62. The van der Waals surface area contributed by atoms with Crippen molar-refractivity contribution in [1.82, 2.24) is 5.32 Å². The summed E-state index contributed by atoms with van der Waals surface area (Å²) in [4.78, 5) is 25.9. The highest BCUT2D eigenvalue weighted by atomic mass is 32.2. The minimum absolute atomic E-state index is 0.0837. The van der Waals surface area contributed by atoms with E-state index in [-0.39, 0.29) is 12.5 Å². The molecule has 92 valence electrons. The van der Waals surface area contributed by atoms with Crippen LogP contribution in [0.1, 0.15) is 15.9 Å². The molecule has 0 spiro atoms. The molecule has 2 N–H and O–H groups in total. The molecule has 0 heterocycles. The lowest BCUT2D eigenvalue weighted by Gasteiger charge is -2.05. The Morgan fingerprint density at radius 2 is 2.12 bits per heavy atom. The van der Waals surface area contributed by atoms with Crippen LogP contribution in [0.3, 0.4) is 0 Å². The first kappa shape index (κ1) is 13.6. The topological polar surface area (TPSA) is 75.6 Å². The van der Waals surface area contributed by atoms with Gasteiger partial charge in [-0.2, -0.15) is 0 Å². The third kappa shape index (κ3) is 4.50. The van der Waals surface area contributed by atoms with Gasteiger partial charge in [0.1, 0.15) is 6.61 Å². The van der Waals surface area contributed by atoms with Gasteiger partial charge >= 0.3 is 0 Å². The van der Waals surface area contributed by atoms with Crippen molar-refractivity contribution in [3.8, 4) is 0 Å². The number of nitrogens with one attached hydrogen (secondary N) is 1.